The van der Waals surface area contributed by atoms with Gasteiger partial charge in [-0.05, 0) is 36.4 Å². The van der Waals surface area contributed by atoms with E-state index in [1.165, 1.54) is 18.3 Å². The van der Waals surface area contributed by atoms with Gasteiger partial charge in [-0.1, -0.05) is 23.2 Å². The quantitative estimate of drug-likeness (QED) is 0.466. The number of benzene rings is 2. The van der Waals surface area contributed by atoms with Gasteiger partial charge in [0.1, 0.15) is 17.2 Å². The summed E-state index contributed by atoms with van der Waals surface area (Å²) in [7, 11) is 1.75. The molecule has 0 bridgehead atoms. The summed E-state index contributed by atoms with van der Waals surface area (Å²) >= 11 is 12.2. The summed E-state index contributed by atoms with van der Waals surface area (Å²) in [5.41, 5.74) is 2.08. The molecule has 0 unspecified atom stereocenters. The highest BCUT2D eigenvalue weighted by Gasteiger charge is 2.18. The molecule has 0 atom stereocenters. The number of nitrogens with one attached hydrogen (secondary N) is 1. The van der Waals surface area contributed by atoms with Gasteiger partial charge in [0.25, 0.3) is 5.91 Å². The molecule has 2 heterocycles. The predicted molar refractivity (Wildman–Crippen MR) is 108 cm³/mol. The largest absolute Gasteiger partial charge is 0.320 e. The van der Waals surface area contributed by atoms with Crippen LogP contribution in [0.1, 0.15) is 10.4 Å². The number of hydrogen-bond donors (Lipinski definition) is 1. The number of fused-ring (bicyclic) bond motifs is 1. The van der Waals surface area contributed by atoms with E-state index >= 15 is 0 Å². The van der Waals surface area contributed by atoms with E-state index in [0.29, 0.717) is 11.2 Å². The number of carbonyl (C=O) groups excluding carboxylic acids is 1. The number of halogens is 4. The zero-order valence-corrected chi connectivity index (χ0v) is 16.4. The van der Waals surface area contributed by atoms with Crippen molar-refractivity contribution >= 4 is 45.8 Å². The number of anilines is 1. The maximum absolute atomic E-state index is 14.7. The van der Waals surface area contributed by atoms with E-state index < -0.39 is 17.5 Å². The average Bonchev–Trinajstić information content (AvgIpc) is 3.04. The molecule has 0 aliphatic heterocycles. The van der Waals surface area contributed by atoms with Crippen molar-refractivity contribution in [3.05, 3.63) is 76.0 Å². The number of rotatable bonds is 3. The van der Waals surface area contributed by atoms with E-state index in [2.05, 4.69) is 15.4 Å². The minimum absolute atomic E-state index is 0.0221. The molecule has 1 amide bonds. The molecule has 0 saturated carbocycles. The topological polar surface area (TPSA) is 59.8 Å². The normalized spacial score (nSPS) is 11.1. The summed E-state index contributed by atoms with van der Waals surface area (Å²) < 4.78 is 29.6. The van der Waals surface area contributed by atoms with E-state index in [0.717, 1.165) is 23.7 Å². The Bertz CT molecular complexity index is 1270. The summed E-state index contributed by atoms with van der Waals surface area (Å²) in [5.74, 6) is -1.86. The number of nitrogens with zero attached hydrogens (tertiary/aromatic N) is 3. The van der Waals surface area contributed by atoms with Gasteiger partial charge in [0.05, 0.1) is 39.2 Å². The van der Waals surface area contributed by atoms with Crippen molar-refractivity contribution in [3.63, 3.8) is 0 Å². The Morgan fingerprint density at radius 3 is 2.59 bits per heavy atom. The molecule has 1 N–H and O–H groups in total. The van der Waals surface area contributed by atoms with E-state index in [9.17, 15) is 13.6 Å². The summed E-state index contributed by atoms with van der Waals surface area (Å²) in [6.07, 6.45) is 3.07. The van der Waals surface area contributed by atoms with Gasteiger partial charge in [0.2, 0.25) is 0 Å². The van der Waals surface area contributed by atoms with Crippen LogP contribution in [-0.4, -0.2) is 20.7 Å². The van der Waals surface area contributed by atoms with Crippen LogP contribution in [0.4, 0.5) is 14.5 Å². The smallest absolute Gasteiger partial charge is 0.257 e. The van der Waals surface area contributed by atoms with Crippen molar-refractivity contribution in [2.75, 3.05) is 5.32 Å². The van der Waals surface area contributed by atoms with Crippen LogP contribution in [-0.2, 0) is 7.05 Å². The second-order valence-corrected chi connectivity index (χ2v) is 7.10. The molecule has 0 spiro atoms. The van der Waals surface area contributed by atoms with Crippen LogP contribution in [0.15, 0.2) is 48.8 Å². The van der Waals surface area contributed by atoms with E-state index in [1.54, 1.807) is 24.0 Å². The van der Waals surface area contributed by atoms with Crippen LogP contribution >= 0.6 is 23.2 Å². The minimum Gasteiger partial charge on any atom is -0.320 e. The van der Waals surface area contributed by atoms with Crippen molar-refractivity contribution in [3.8, 4) is 11.1 Å². The molecule has 29 heavy (non-hydrogen) atoms. The molecule has 4 aromatic rings. The monoisotopic (exact) mass is 432 g/mol. The van der Waals surface area contributed by atoms with Crippen LogP contribution < -0.4 is 5.32 Å². The highest BCUT2D eigenvalue weighted by molar-refractivity contribution is 6.35. The van der Waals surface area contributed by atoms with Crippen molar-refractivity contribution in [1.82, 2.24) is 14.8 Å². The molecule has 0 saturated heterocycles. The first-order valence-corrected chi connectivity index (χ1v) is 9.12. The molecule has 0 aliphatic carbocycles. The Morgan fingerprint density at radius 1 is 1.03 bits per heavy atom. The van der Waals surface area contributed by atoms with Crippen molar-refractivity contribution in [1.29, 1.82) is 0 Å². The van der Waals surface area contributed by atoms with Crippen LogP contribution in [0, 0.1) is 11.6 Å². The van der Waals surface area contributed by atoms with Gasteiger partial charge in [-0.2, -0.15) is 5.10 Å². The molecular weight excluding hydrogens is 421 g/mol. The first-order valence-electron chi connectivity index (χ1n) is 8.37. The Morgan fingerprint density at radius 2 is 1.83 bits per heavy atom. The summed E-state index contributed by atoms with van der Waals surface area (Å²) in [6, 6.07) is 7.59. The van der Waals surface area contributed by atoms with E-state index in [4.69, 9.17) is 23.2 Å². The number of aromatic nitrogens is 3. The third-order valence-electron chi connectivity index (χ3n) is 4.38. The molecule has 0 radical (unpaired) electrons. The number of carbonyl (C=O) groups is 1. The number of aryl methyl sites for hydroxylation is 1. The standard InChI is InChI=1S/C20H12Cl2F2N4O/c1-28-19-5-11(8-25-18(19)9-26-28)27-20(29)14-7-17(24)13(6-16(14)22)12-3-2-10(23)4-15(12)21/h2-9H,1H3,(H,27,29). The fourth-order valence-electron chi connectivity index (χ4n) is 2.93. The molecule has 2 aromatic heterocycles. The third kappa shape index (κ3) is 3.66. The molecule has 9 heteroatoms. The zero-order valence-electron chi connectivity index (χ0n) is 14.9. The van der Waals surface area contributed by atoms with Gasteiger partial charge in [0.15, 0.2) is 0 Å². The maximum Gasteiger partial charge on any atom is 0.257 e. The zero-order chi connectivity index (χ0) is 20.7. The van der Waals surface area contributed by atoms with E-state index in [1.807, 2.05) is 0 Å². The molecule has 0 fully saturated rings. The van der Waals surface area contributed by atoms with Gasteiger partial charge in [-0.25, -0.2) is 8.78 Å². The van der Waals surface area contributed by atoms with Crippen LogP contribution in [0.3, 0.4) is 0 Å². The highest BCUT2D eigenvalue weighted by atomic mass is 35.5. The molecule has 2 aromatic carbocycles. The molecular formula is C20H12Cl2F2N4O. The predicted octanol–water partition coefficient (Wildman–Crippen LogP) is 5.47. The lowest BCUT2D eigenvalue weighted by Gasteiger charge is -2.11. The maximum atomic E-state index is 14.7. The second kappa shape index (κ2) is 7.42. The first-order chi connectivity index (χ1) is 13.8. The van der Waals surface area contributed by atoms with Crippen LogP contribution in [0.5, 0.6) is 0 Å². The minimum atomic E-state index is -0.715. The van der Waals surface area contributed by atoms with Crippen molar-refractivity contribution in [2.24, 2.45) is 7.05 Å². The number of pyridine rings is 1. The highest BCUT2D eigenvalue weighted by Crippen LogP contribution is 2.34. The van der Waals surface area contributed by atoms with E-state index in [-0.39, 0.29) is 26.7 Å². The molecule has 5 nitrogen and oxygen atoms in total. The van der Waals surface area contributed by atoms with Crippen LogP contribution in [0.2, 0.25) is 10.0 Å². The van der Waals surface area contributed by atoms with Gasteiger partial charge < -0.3 is 5.32 Å². The Kier molecular flexibility index (Phi) is 4.94. The Labute approximate surface area is 173 Å². The first kappa shape index (κ1) is 19.3. The summed E-state index contributed by atoms with van der Waals surface area (Å²) in [5, 5.41) is 6.79. The lowest BCUT2D eigenvalue weighted by molar-refractivity contribution is 0.102. The molecule has 0 aliphatic rings. The molecule has 146 valence electrons. The SMILES string of the molecule is Cn1ncc2ncc(NC(=O)c3cc(F)c(-c4ccc(F)cc4Cl)cc3Cl)cc21. The van der Waals surface area contributed by atoms with Crippen LogP contribution in [0.25, 0.3) is 22.2 Å². The van der Waals surface area contributed by atoms with Gasteiger partial charge in [0, 0.05) is 18.2 Å². The fourth-order valence-corrected chi connectivity index (χ4v) is 3.45. The fraction of sp³-hybridized carbons (Fsp3) is 0.0500. The molecule has 4 rings (SSSR count). The third-order valence-corrected chi connectivity index (χ3v) is 5.01. The van der Waals surface area contributed by atoms with Gasteiger partial charge in [-0.3, -0.25) is 14.5 Å². The Balaban J connectivity index is 1.66. The summed E-state index contributed by atoms with van der Waals surface area (Å²) in [6.45, 7) is 0. The van der Waals surface area contributed by atoms with Crippen molar-refractivity contribution in [2.45, 2.75) is 0 Å². The summed E-state index contributed by atoms with van der Waals surface area (Å²) in [4.78, 5) is 16.8. The number of amides is 1. The lowest BCUT2D eigenvalue weighted by atomic mass is 10.0. The van der Waals surface area contributed by atoms with Crippen molar-refractivity contribution < 1.29 is 13.6 Å². The second-order valence-electron chi connectivity index (χ2n) is 6.29. The average molecular weight is 433 g/mol. The lowest BCUT2D eigenvalue weighted by Crippen LogP contribution is -2.13. The Hall–Kier alpha value is -3.03. The van der Waals surface area contributed by atoms with Gasteiger partial charge >= 0.3 is 0 Å². The van der Waals surface area contributed by atoms with Gasteiger partial charge in [-0.15, -0.1) is 0 Å². The number of hydrogen-bond acceptors (Lipinski definition) is 3.